The van der Waals surface area contributed by atoms with Crippen LogP contribution in [0, 0.1) is 0 Å². The number of hydrogen-bond acceptors (Lipinski definition) is 4. The highest BCUT2D eigenvalue weighted by Crippen LogP contribution is 2.24. The lowest BCUT2D eigenvalue weighted by Gasteiger charge is -2.24. The van der Waals surface area contributed by atoms with Crippen LogP contribution < -0.4 is 5.32 Å². The fourth-order valence-corrected chi connectivity index (χ4v) is 3.18. The fraction of sp³-hybridized carbons (Fsp3) is 0.500. The van der Waals surface area contributed by atoms with Gasteiger partial charge in [-0.2, -0.15) is 4.31 Å². The number of methoxy groups -OCH3 is 1. The van der Waals surface area contributed by atoms with Gasteiger partial charge in [0.2, 0.25) is 10.0 Å². The van der Waals surface area contributed by atoms with Gasteiger partial charge in [-0.1, -0.05) is 12.1 Å². The van der Waals surface area contributed by atoms with E-state index in [0.717, 1.165) is 0 Å². The third-order valence-electron chi connectivity index (χ3n) is 2.84. The molecule has 0 aliphatic heterocycles. The molecule has 1 atom stereocenters. The predicted octanol–water partition coefficient (Wildman–Crippen LogP) is 1.38. The lowest BCUT2D eigenvalue weighted by Crippen LogP contribution is -2.38. The minimum Gasteiger partial charge on any atom is -0.387 e. The number of ether oxygens (including phenoxy) is 1. The predicted molar refractivity (Wildman–Crippen MR) is 72.3 cm³/mol. The van der Waals surface area contributed by atoms with E-state index in [1.165, 1.54) is 4.31 Å². The zero-order valence-corrected chi connectivity index (χ0v) is 12.0. The van der Waals surface area contributed by atoms with Gasteiger partial charge in [-0.05, 0) is 19.1 Å². The second kappa shape index (κ2) is 6.17. The third kappa shape index (κ3) is 3.01. The number of nitrogens with one attached hydrogen (secondary N) is 1. The molecule has 1 N–H and O–H groups in total. The molecule has 0 fully saturated rings. The summed E-state index contributed by atoms with van der Waals surface area (Å²) in [6.07, 6.45) is 0. The smallest absolute Gasteiger partial charge is 0.245 e. The van der Waals surface area contributed by atoms with Gasteiger partial charge in [-0.15, -0.1) is 0 Å². The van der Waals surface area contributed by atoms with Crippen LogP contribution in [0.2, 0.25) is 0 Å². The summed E-state index contributed by atoms with van der Waals surface area (Å²) in [6, 6.07) is 6.62. The molecular formula is C12H20N2O3S. The first-order valence-corrected chi connectivity index (χ1v) is 7.13. The largest absolute Gasteiger partial charge is 0.387 e. The Labute approximate surface area is 109 Å². The standard InChI is InChI=1S/C12H20N2O3S/c1-10(9-17-4)14(3)18(15,16)12-8-6-5-7-11(12)13-2/h5-8,10,13H,9H2,1-4H3. The van der Waals surface area contributed by atoms with E-state index < -0.39 is 10.0 Å². The van der Waals surface area contributed by atoms with Gasteiger partial charge < -0.3 is 10.1 Å². The van der Waals surface area contributed by atoms with Crippen LogP contribution in [0.3, 0.4) is 0 Å². The quantitative estimate of drug-likeness (QED) is 0.850. The second-order valence-corrected chi connectivity index (χ2v) is 6.04. The van der Waals surface area contributed by atoms with Crippen LogP contribution in [0.4, 0.5) is 5.69 Å². The van der Waals surface area contributed by atoms with Crippen LogP contribution in [-0.2, 0) is 14.8 Å². The Morgan fingerprint density at radius 2 is 2.00 bits per heavy atom. The van der Waals surface area contributed by atoms with E-state index in [0.29, 0.717) is 12.3 Å². The van der Waals surface area contributed by atoms with Gasteiger partial charge in [0.25, 0.3) is 0 Å². The third-order valence-corrected chi connectivity index (χ3v) is 4.87. The molecule has 0 saturated heterocycles. The molecule has 1 rings (SSSR count). The van der Waals surface area contributed by atoms with Crippen molar-refractivity contribution in [2.75, 3.05) is 33.1 Å². The Bertz CT molecular complexity index is 488. The zero-order valence-electron chi connectivity index (χ0n) is 11.2. The van der Waals surface area contributed by atoms with Crippen molar-refractivity contribution in [1.82, 2.24) is 4.31 Å². The van der Waals surface area contributed by atoms with E-state index >= 15 is 0 Å². The Morgan fingerprint density at radius 1 is 1.39 bits per heavy atom. The summed E-state index contributed by atoms with van der Waals surface area (Å²) in [5.74, 6) is 0. The van der Waals surface area contributed by atoms with E-state index in [4.69, 9.17) is 4.74 Å². The van der Waals surface area contributed by atoms with Crippen molar-refractivity contribution in [3.63, 3.8) is 0 Å². The van der Waals surface area contributed by atoms with E-state index in [-0.39, 0.29) is 10.9 Å². The molecule has 6 heteroatoms. The second-order valence-electron chi connectivity index (χ2n) is 4.07. The van der Waals surface area contributed by atoms with Crippen LogP contribution in [0.1, 0.15) is 6.92 Å². The van der Waals surface area contributed by atoms with Crippen LogP contribution in [0.5, 0.6) is 0 Å². The molecule has 0 bridgehead atoms. The lowest BCUT2D eigenvalue weighted by molar-refractivity contribution is 0.149. The van der Waals surface area contributed by atoms with Crippen molar-refractivity contribution >= 4 is 15.7 Å². The fourth-order valence-electron chi connectivity index (χ4n) is 1.64. The number of nitrogens with zero attached hydrogens (tertiary/aromatic N) is 1. The number of hydrogen-bond donors (Lipinski definition) is 1. The van der Waals surface area contributed by atoms with Crippen molar-refractivity contribution in [3.05, 3.63) is 24.3 Å². The molecule has 18 heavy (non-hydrogen) atoms. The number of para-hydroxylation sites is 1. The Morgan fingerprint density at radius 3 is 2.56 bits per heavy atom. The van der Waals surface area contributed by atoms with Crippen LogP contribution >= 0.6 is 0 Å². The molecule has 102 valence electrons. The summed E-state index contributed by atoms with van der Waals surface area (Å²) in [4.78, 5) is 0.276. The Balaban J connectivity index is 3.13. The van der Waals surface area contributed by atoms with Crippen molar-refractivity contribution in [2.24, 2.45) is 0 Å². The maximum atomic E-state index is 12.5. The van der Waals surface area contributed by atoms with Gasteiger partial charge in [0.1, 0.15) is 4.90 Å². The summed E-state index contributed by atoms with van der Waals surface area (Å²) < 4.78 is 31.2. The highest BCUT2D eigenvalue weighted by molar-refractivity contribution is 7.89. The highest BCUT2D eigenvalue weighted by Gasteiger charge is 2.27. The summed E-state index contributed by atoms with van der Waals surface area (Å²) in [6.45, 7) is 2.17. The summed E-state index contributed by atoms with van der Waals surface area (Å²) in [5, 5.41) is 2.89. The number of rotatable bonds is 6. The summed E-state index contributed by atoms with van der Waals surface area (Å²) >= 11 is 0. The summed E-state index contributed by atoms with van der Waals surface area (Å²) in [7, 11) is 1.30. The molecule has 0 heterocycles. The van der Waals surface area contributed by atoms with Crippen LogP contribution in [0.15, 0.2) is 29.2 Å². The molecule has 0 aromatic heterocycles. The minimum absolute atomic E-state index is 0.218. The average molecular weight is 272 g/mol. The SMILES string of the molecule is CNc1ccccc1S(=O)(=O)N(C)C(C)COC. The molecule has 0 aliphatic carbocycles. The first kappa shape index (κ1) is 14.9. The topological polar surface area (TPSA) is 58.6 Å². The Kier molecular flexibility index (Phi) is 5.13. The molecule has 1 aromatic rings. The first-order chi connectivity index (χ1) is 8.45. The van der Waals surface area contributed by atoms with Gasteiger partial charge in [0.05, 0.1) is 12.3 Å². The van der Waals surface area contributed by atoms with E-state index in [2.05, 4.69) is 5.32 Å². The van der Waals surface area contributed by atoms with Crippen molar-refractivity contribution in [1.29, 1.82) is 0 Å². The van der Waals surface area contributed by atoms with Crippen LogP contribution in [0.25, 0.3) is 0 Å². The molecule has 0 amide bonds. The molecule has 1 unspecified atom stereocenters. The number of anilines is 1. The molecular weight excluding hydrogens is 252 g/mol. The Hall–Kier alpha value is -1.11. The van der Waals surface area contributed by atoms with Crippen molar-refractivity contribution < 1.29 is 13.2 Å². The lowest BCUT2D eigenvalue weighted by atomic mass is 10.3. The van der Waals surface area contributed by atoms with Gasteiger partial charge in [0.15, 0.2) is 0 Å². The molecule has 0 aliphatic rings. The highest BCUT2D eigenvalue weighted by atomic mass is 32.2. The maximum absolute atomic E-state index is 12.5. The molecule has 0 saturated carbocycles. The van der Waals surface area contributed by atoms with Gasteiger partial charge in [-0.25, -0.2) is 8.42 Å². The molecule has 0 radical (unpaired) electrons. The monoisotopic (exact) mass is 272 g/mol. The average Bonchev–Trinajstić information content (AvgIpc) is 2.38. The maximum Gasteiger partial charge on any atom is 0.245 e. The van der Waals surface area contributed by atoms with Crippen molar-refractivity contribution in [3.8, 4) is 0 Å². The van der Waals surface area contributed by atoms with Gasteiger partial charge in [-0.3, -0.25) is 0 Å². The van der Waals surface area contributed by atoms with Crippen molar-refractivity contribution in [2.45, 2.75) is 17.9 Å². The van der Waals surface area contributed by atoms with E-state index in [9.17, 15) is 8.42 Å². The first-order valence-electron chi connectivity index (χ1n) is 5.69. The van der Waals surface area contributed by atoms with Gasteiger partial charge >= 0.3 is 0 Å². The zero-order chi connectivity index (χ0) is 13.8. The molecule has 0 spiro atoms. The minimum atomic E-state index is -3.51. The summed E-state index contributed by atoms with van der Waals surface area (Å²) in [5.41, 5.74) is 0.592. The number of likely N-dealkylation sites (N-methyl/N-ethyl adjacent to an activating group) is 1. The normalized spacial score (nSPS) is 13.6. The number of benzene rings is 1. The van der Waals surface area contributed by atoms with E-state index in [1.54, 1.807) is 45.5 Å². The van der Waals surface area contributed by atoms with E-state index in [1.807, 2.05) is 6.92 Å². The van der Waals surface area contributed by atoms with Crippen LogP contribution in [-0.4, -0.2) is 46.6 Å². The molecule has 1 aromatic carbocycles. The van der Waals surface area contributed by atoms with Gasteiger partial charge in [0, 0.05) is 27.2 Å². The number of sulfonamides is 1. The molecule has 5 nitrogen and oxygen atoms in total.